The number of aromatic nitrogens is 4. The summed E-state index contributed by atoms with van der Waals surface area (Å²) in [6, 6.07) is 2.13. The lowest BCUT2D eigenvalue weighted by molar-refractivity contribution is -0.139. The number of H-pyrrole nitrogens is 1. The number of ether oxygens (including phenoxy) is 1. The SMILES string of the molecule is CCCOC(=O)N1CCN(c2ccnc(-c3c[nH]c4ncc(Cl)cc34)n2)[C@H](C(=O)NCC(F)(F)F)C1.[HH]. The second kappa shape index (κ2) is 10.6. The van der Waals surface area contributed by atoms with Gasteiger partial charge in [0.15, 0.2) is 5.82 Å². The first-order valence-corrected chi connectivity index (χ1v) is 11.5. The molecule has 0 saturated carbocycles. The predicted octanol–water partition coefficient (Wildman–Crippen LogP) is 3.64. The van der Waals surface area contributed by atoms with E-state index < -0.39 is 30.8 Å². The third kappa shape index (κ3) is 5.78. The Hall–Kier alpha value is -3.61. The van der Waals surface area contributed by atoms with Crippen molar-refractivity contribution in [3.63, 3.8) is 0 Å². The Labute approximate surface area is 210 Å². The van der Waals surface area contributed by atoms with Gasteiger partial charge in [0.2, 0.25) is 5.91 Å². The van der Waals surface area contributed by atoms with Gasteiger partial charge in [0.1, 0.15) is 24.1 Å². The van der Waals surface area contributed by atoms with Crippen molar-refractivity contribution in [2.75, 3.05) is 37.7 Å². The van der Waals surface area contributed by atoms with Crippen molar-refractivity contribution in [1.82, 2.24) is 30.2 Å². The maximum Gasteiger partial charge on any atom is 0.409 e. The van der Waals surface area contributed by atoms with Crippen molar-refractivity contribution in [3.05, 3.63) is 35.7 Å². The molecule has 1 atom stereocenters. The van der Waals surface area contributed by atoms with Gasteiger partial charge in [0, 0.05) is 44.1 Å². The van der Waals surface area contributed by atoms with Crippen molar-refractivity contribution in [2.24, 2.45) is 0 Å². The fourth-order valence-corrected chi connectivity index (χ4v) is 3.99. The number of halogens is 4. The number of alkyl halides is 3. The number of aromatic amines is 1. The van der Waals surface area contributed by atoms with E-state index >= 15 is 0 Å². The molecule has 2 N–H and O–H groups in total. The first kappa shape index (κ1) is 25.5. The second-order valence-corrected chi connectivity index (χ2v) is 8.53. The van der Waals surface area contributed by atoms with Crippen LogP contribution in [0.3, 0.4) is 0 Å². The van der Waals surface area contributed by atoms with Gasteiger partial charge < -0.3 is 24.8 Å². The summed E-state index contributed by atoms with van der Waals surface area (Å²) in [5.41, 5.74) is 1.19. The van der Waals surface area contributed by atoms with Gasteiger partial charge in [0.25, 0.3) is 0 Å². The standard InChI is InChI=1S/C22H23ClF3N7O3.H2/c1-2-7-36-21(35)32-5-6-33(16(11-32)20(34)30-12-22(24,25)26)17-3-4-27-19(31-17)15-10-29-18-14(15)8-13(23)9-28-18;/h3-4,8-10,16H,2,5-7,11-12H2,1H3,(H,28,29)(H,30,34);1H/t16-;/m0./s1. The number of rotatable bonds is 6. The van der Waals surface area contributed by atoms with Gasteiger partial charge in [-0.25, -0.2) is 19.7 Å². The zero-order valence-corrected chi connectivity index (χ0v) is 19.9. The van der Waals surface area contributed by atoms with Crippen LogP contribution in [0.25, 0.3) is 22.4 Å². The van der Waals surface area contributed by atoms with Crippen molar-refractivity contribution >= 4 is 40.5 Å². The molecule has 2 amide bonds. The highest BCUT2D eigenvalue weighted by molar-refractivity contribution is 6.31. The van der Waals surface area contributed by atoms with Gasteiger partial charge >= 0.3 is 12.3 Å². The normalized spacial score (nSPS) is 16.3. The summed E-state index contributed by atoms with van der Waals surface area (Å²) in [6.45, 7) is 0.707. The number of pyridine rings is 1. The highest BCUT2D eigenvalue weighted by Gasteiger charge is 2.37. The van der Waals surface area contributed by atoms with E-state index in [1.807, 2.05) is 12.2 Å². The van der Waals surface area contributed by atoms with Gasteiger partial charge in [-0.2, -0.15) is 13.2 Å². The molecular formula is C22H25ClF3N7O3. The van der Waals surface area contributed by atoms with Crippen LogP contribution in [0, 0.1) is 0 Å². The first-order chi connectivity index (χ1) is 17.2. The topological polar surface area (TPSA) is 116 Å². The zero-order chi connectivity index (χ0) is 25.9. The largest absolute Gasteiger partial charge is 0.449 e. The molecule has 1 fully saturated rings. The van der Waals surface area contributed by atoms with Gasteiger partial charge in [-0.05, 0) is 18.6 Å². The third-order valence-electron chi connectivity index (χ3n) is 5.51. The smallest absolute Gasteiger partial charge is 0.409 e. The molecule has 0 spiro atoms. The van der Waals surface area contributed by atoms with Crippen LogP contribution in [-0.2, 0) is 9.53 Å². The Morgan fingerprint density at radius 2 is 2.14 bits per heavy atom. The summed E-state index contributed by atoms with van der Waals surface area (Å²) in [7, 11) is 0. The summed E-state index contributed by atoms with van der Waals surface area (Å²) < 4.78 is 43.4. The summed E-state index contributed by atoms with van der Waals surface area (Å²) in [4.78, 5) is 44.2. The summed E-state index contributed by atoms with van der Waals surface area (Å²) in [5, 5.41) is 3.02. The predicted molar refractivity (Wildman–Crippen MR) is 128 cm³/mol. The summed E-state index contributed by atoms with van der Waals surface area (Å²) in [5.74, 6) is -0.260. The number of hydrogen-bond donors (Lipinski definition) is 2. The minimum absolute atomic E-state index is 0. The van der Waals surface area contributed by atoms with Crippen LogP contribution in [0.5, 0.6) is 0 Å². The van der Waals surface area contributed by atoms with Crippen LogP contribution in [0.1, 0.15) is 14.8 Å². The molecule has 10 nitrogen and oxygen atoms in total. The van der Waals surface area contributed by atoms with Crippen LogP contribution in [0.2, 0.25) is 5.02 Å². The van der Waals surface area contributed by atoms with Crippen molar-refractivity contribution < 1.29 is 28.9 Å². The molecule has 1 aliphatic rings. The molecule has 1 saturated heterocycles. The third-order valence-corrected chi connectivity index (χ3v) is 5.71. The molecule has 4 heterocycles. The van der Waals surface area contributed by atoms with Gasteiger partial charge in [-0.15, -0.1) is 0 Å². The fourth-order valence-electron chi connectivity index (χ4n) is 3.83. The molecule has 0 aromatic carbocycles. The Morgan fingerprint density at radius 3 is 2.89 bits per heavy atom. The Balaban J connectivity index is 0.00000380. The lowest BCUT2D eigenvalue weighted by Gasteiger charge is -2.40. The van der Waals surface area contributed by atoms with Crippen LogP contribution < -0.4 is 10.2 Å². The van der Waals surface area contributed by atoms with E-state index in [9.17, 15) is 22.8 Å². The molecule has 0 radical (unpaired) electrons. The molecule has 36 heavy (non-hydrogen) atoms. The van der Waals surface area contributed by atoms with Gasteiger partial charge in [0.05, 0.1) is 18.2 Å². The molecule has 1 aliphatic heterocycles. The molecule has 194 valence electrons. The number of nitrogens with one attached hydrogen (secondary N) is 2. The van der Waals surface area contributed by atoms with Crippen molar-refractivity contribution in [2.45, 2.75) is 25.6 Å². The Bertz CT molecular complexity index is 1260. The van der Waals surface area contributed by atoms with Gasteiger partial charge in [-0.1, -0.05) is 18.5 Å². The van der Waals surface area contributed by atoms with Gasteiger partial charge in [-0.3, -0.25) is 4.79 Å². The number of carbonyl (C=O) groups is 2. The quantitative estimate of drug-likeness (QED) is 0.503. The fraction of sp³-hybridized carbons (Fsp3) is 0.409. The van der Waals surface area contributed by atoms with E-state index in [1.165, 1.54) is 17.3 Å². The average Bonchev–Trinajstić information content (AvgIpc) is 3.28. The monoisotopic (exact) mass is 527 g/mol. The van der Waals surface area contributed by atoms with Crippen LogP contribution >= 0.6 is 11.6 Å². The van der Waals surface area contributed by atoms with E-state index in [-0.39, 0.29) is 27.7 Å². The van der Waals surface area contributed by atoms with E-state index in [0.29, 0.717) is 39.7 Å². The molecule has 14 heteroatoms. The number of amides is 2. The second-order valence-electron chi connectivity index (χ2n) is 8.09. The van der Waals surface area contributed by atoms with Crippen molar-refractivity contribution in [3.8, 4) is 11.4 Å². The molecule has 3 aromatic rings. The molecular weight excluding hydrogens is 503 g/mol. The highest BCUT2D eigenvalue weighted by atomic mass is 35.5. The number of nitrogens with zero attached hydrogens (tertiary/aromatic N) is 5. The van der Waals surface area contributed by atoms with Crippen LogP contribution in [-0.4, -0.2) is 81.8 Å². The van der Waals surface area contributed by atoms with E-state index in [4.69, 9.17) is 16.3 Å². The number of anilines is 1. The van der Waals surface area contributed by atoms with Crippen LogP contribution in [0.15, 0.2) is 30.7 Å². The molecule has 4 rings (SSSR count). The number of hydrogen-bond acceptors (Lipinski definition) is 7. The highest BCUT2D eigenvalue weighted by Crippen LogP contribution is 2.29. The first-order valence-electron chi connectivity index (χ1n) is 11.1. The molecule has 0 bridgehead atoms. The minimum Gasteiger partial charge on any atom is -0.449 e. The van der Waals surface area contributed by atoms with E-state index in [0.717, 1.165) is 0 Å². The van der Waals surface area contributed by atoms with Crippen molar-refractivity contribution in [1.29, 1.82) is 0 Å². The summed E-state index contributed by atoms with van der Waals surface area (Å²) in [6.07, 6.45) is 0.0535. The molecule has 0 unspecified atom stereocenters. The van der Waals surface area contributed by atoms with Crippen LogP contribution in [0.4, 0.5) is 23.8 Å². The Kier molecular flexibility index (Phi) is 7.48. The number of carbonyl (C=O) groups excluding carboxylic acids is 2. The van der Waals surface area contributed by atoms with E-state index in [2.05, 4.69) is 19.9 Å². The zero-order valence-electron chi connectivity index (χ0n) is 19.2. The maximum absolute atomic E-state index is 12.8. The van der Waals surface area contributed by atoms with E-state index in [1.54, 1.807) is 23.2 Å². The average molecular weight is 528 g/mol. The minimum atomic E-state index is -4.58. The molecule has 0 aliphatic carbocycles. The number of piperazine rings is 1. The lowest BCUT2D eigenvalue weighted by Crippen LogP contribution is -2.61. The number of fused-ring (bicyclic) bond motifs is 1. The lowest BCUT2D eigenvalue weighted by atomic mass is 10.1. The summed E-state index contributed by atoms with van der Waals surface area (Å²) >= 11 is 6.08. The maximum atomic E-state index is 12.8. The molecule has 3 aromatic heterocycles. The Morgan fingerprint density at radius 1 is 1.33 bits per heavy atom.